The number of nitrogens with one attached hydrogen (secondary N) is 2. The molecule has 0 spiro atoms. The lowest BCUT2D eigenvalue weighted by Gasteiger charge is -2.06. The van der Waals surface area contributed by atoms with E-state index in [0.717, 1.165) is 6.07 Å². The van der Waals surface area contributed by atoms with Crippen molar-refractivity contribution in [2.75, 3.05) is 5.32 Å². The highest BCUT2D eigenvalue weighted by molar-refractivity contribution is 6.30. The van der Waals surface area contributed by atoms with Crippen LogP contribution in [0.1, 0.15) is 16.1 Å². The number of aromatic amines is 1. The van der Waals surface area contributed by atoms with Crippen LogP contribution in [-0.4, -0.2) is 22.0 Å². The van der Waals surface area contributed by atoms with Gasteiger partial charge in [0.05, 0.1) is 11.4 Å². The van der Waals surface area contributed by atoms with Gasteiger partial charge in [-0.2, -0.15) is 0 Å². The highest BCUT2D eigenvalue weighted by atomic mass is 35.5. The van der Waals surface area contributed by atoms with Crippen LogP contribution in [0.4, 0.5) is 10.1 Å². The summed E-state index contributed by atoms with van der Waals surface area (Å²) in [6.07, 6.45) is -0.157. The second-order valence-corrected chi connectivity index (χ2v) is 5.59. The average Bonchev–Trinajstić information content (AvgIpc) is 2.90. The van der Waals surface area contributed by atoms with Gasteiger partial charge in [0, 0.05) is 22.2 Å². The van der Waals surface area contributed by atoms with E-state index in [2.05, 4.69) is 10.3 Å². The van der Waals surface area contributed by atoms with Gasteiger partial charge in [0.15, 0.2) is 0 Å². The summed E-state index contributed by atoms with van der Waals surface area (Å²) in [5, 5.41) is 12.5. The molecule has 0 bridgehead atoms. The second-order valence-electron chi connectivity index (χ2n) is 5.18. The number of carbonyl (C=O) groups is 2. The van der Waals surface area contributed by atoms with Crippen molar-refractivity contribution in [3.05, 3.63) is 64.6 Å². The lowest BCUT2D eigenvalue weighted by Crippen LogP contribution is -2.16. The first kappa shape index (κ1) is 16.0. The highest BCUT2D eigenvalue weighted by Gasteiger charge is 2.19. The molecule has 0 aliphatic heterocycles. The van der Waals surface area contributed by atoms with E-state index in [9.17, 15) is 19.1 Å². The number of hydrogen-bond acceptors (Lipinski definition) is 2. The number of hydrogen-bond donors (Lipinski definition) is 3. The van der Waals surface area contributed by atoms with E-state index in [1.54, 1.807) is 24.3 Å². The van der Waals surface area contributed by atoms with Crippen LogP contribution in [0.15, 0.2) is 42.5 Å². The number of fused-ring (bicyclic) bond motifs is 1. The van der Waals surface area contributed by atoms with Gasteiger partial charge in [-0.05, 0) is 24.3 Å². The molecule has 0 aliphatic rings. The average molecular weight is 347 g/mol. The maximum absolute atomic E-state index is 13.4. The molecular formula is C17H12ClFN2O3. The van der Waals surface area contributed by atoms with Gasteiger partial charge in [-0.1, -0.05) is 29.8 Å². The second kappa shape index (κ2) is 6.33. The van der Waals surface area contributed by atoms with Crippen LogP contribution in [0, 0.1) is 5.82 Å². The van der Waals surface area contributed by atoms with Gasteiger partial charge in [0.2, 0.25) is 5.91 Å². The SMILES string of the molecule is O=C(Cc1c(C(=O)O)[nH]c2ccccc12)Nc1ccc(Cl)c(F)c1. The molecule has 1 aromatic heterocycles. The predicted octanol–water partition coefficient (Wildman–Crippen LogP) is 3.84. The highest BCUT2D eigenvalue weighted by Crippen LogP contribution is 2.24. The molecule has 2 aromatic carbocycles. The molecule has 122 valence electrons. The number of carboxylic acids is 1. The number of amides is 1. The molecule has 3 N–H and O–H groups in total. The van der Waals surface area contributed by atoms with Crippen LogP contribution in [0.3, 0.4) is 0 Å². The first-order valence-electron chi connectivity index (χ1n) is 7.03. The number of rotatable bonds is 4. The molecule has 3 aromatic rings. The molecule has 3 rings (SSSR count). The molecule has 1 amide bonds. The molecule has 0 fully saturated rings. The lowest BCUT2D eigenvalue weighted by atomic mass is 10.1. The van der Waals surface area contributed by atoms with Crippen molar-refractivity contribution in [3.63, 3.8) is 0 Å². The van der Waals surface area contributed by atoms with Crippen molar-refractivity contribution in [1.82, 2.24) is 4.98 Å². The molecule has 7 heteroatoms. The lowest BCUT2D eigenvalue weighted by molar-refractivity contribution is -0.115. The number of aromatic nitrogens is 1. The monoisotopic (exact) mass is 346 g/mol. The first-order valence-corrected chi connectivity index (χ1v) is 7.41. The van der Waals surface area contributed by atoms with E-state index < -0.39 is 17.7 Å². The van der Waals surface area contributed by atoms with Crippen LogP contribution < -0.4 is 5.32 Å². The summed E-state index contributed by atoms with van der Waals surface area (Å²) >= 11 is 5.60. The quantitative estimate of drug-likeness (QED) is 0.671. The fourth-order valence-corrected chi connectivity index (χ4v) is 2.62. The largest absolute Gasteiger partial charge is 0.477 e. The Balaban J connectivity index is 1.88. The van der Waals surface area contributed by atoms with Crippen molar-refractivity contribution in [2.45, 2.75) is 6.42 Å². The van der Waals surface area contributed by atoms with Crippen LogP contribution >= 0.6 is 11.6 Å². The Morgan fingerprint density at radius 3 is 2.67 bits per heavy atom. The van der Waals surface area contributed by atoms with Gasteiger partial charge in [-0.25, -0.2) is 9.18 Å². The third-order valence-corrected chi connectivity index (χ3v) is 3.87. The maximum atomic E-state index is 13.4. The number of carboxylic acid groups (broad SMARTS) is 1. The minimum absolute atomic E-state index is 0.0337. The van der Waals surface area contributed by atoms with Crippen molar-refractivity contribution in [1.29, 1.82) is 0 Å². The summed E-state index contributed by atoms with van der Waals surface area (Å²) in [5.41, 5.74) is 1.23. The van der Waals surface area contributed by atoms with E-state index in [1.807, 2.05) is 0 Å². The minimum Gasteiger partial charge on any atom is -0.477 e. The molecule has 0 saturated carbocycles. The third-order valence-electron chi connectivity index (χ3n) is 3.57. The number of para-hydroxylation sites is 1. The topological polar surface area (TPSA) is 82.2 Å². The van der Waals surface area contributed by atoms with E-state index in [4.69, 9.17) is 11.6 Å². The first-order chi connectivity index (χ1) is 11.5. The Morgan fingerprint density at radius 1 is 1.21 bits per heavy atom. The molecule has 0 radical (unpaired) electrons. The van der Waals surface area contributed by atoms with Crippen molar-refractivity contribution < 1.29 is 19.1 Å². The van der Waals surface area contributed by atoms with Gasteiger partial charge in [0.25, 0.3) is 0 Å². The van der Waals surface area contributed by atoms with Crippen molar-refractivity contribution in [3.8, 4) is 0 Å². The fourth-order valence-electron chi connectivity index (χ4n) is 2.51. The van der Waals surface area contributed by atoms with Crippen molar-refractivity contribution in [2.24, 2.45) is 0 Å². The zero-order chi connectivity index (χ0) is 17.3. The number of carbonyl (C=O) groups excluding carboxylic acids is 1. The molecule has 0 saturated heterocycles. The van der Waals surface area contributed by atoms with Crippen molar-refractivity contribution >= 4 is 40.1 Å². The van der Waals surface area contributed by atoms with Gasteiger partial charge in [0.1, 0.15) is 11.5 Å². The smallest absolute Gasteiger partial charge is 0.352 e. The Bertz CT molecular complexity index is 952. The third kappa shape index (κ3) is 3.09. The number of H-pyrrole nitrogens is 1. The summed E-state index contributed by atoms with van der Waals surface area (Å²) in [5.74, 6) is -2.25. The number of benzene rings is 2. The predicted molar refractivity (Wildman–Crippen MR) is 89.0 cm³/mol. The van der Waals surface area contributed by atoms with Crippen LogP contribution in [0.2, 0.25) is 5.02 Å². The van der Waals surface area contributed by atoms with E-state index in [-0.39, 0.29) is 22.8 Å². The Morgan fingerprint density at radius 2 is 1.96 bits per heavy atom. The summed E-state index contributed by atoms with van der Waals surface area (Å²) in [4.78, 5) is 26.4. The van der Waals surface area contributed by atoms with E-state index in [1.165, 1.54) is 12.1 Å². The molecule has 5 nitrogen and oxygen atoms in total. The van der Waals surface area contributed by atoms with E-state index >= 15 is 0 Å². The van der Waals surface area contributed by atoms with Gasteiger partial charge < -0.3 is 15.4 Å². The maximum Gasteiger partial charge on any atom is 0.352 e. The van der Waals surface area contributed by atoms with Crippen LogP contribution in [-0.2, 0) is 11.2 Å². The van der Waals surface area contributed by atoms with Gasteiger partial charge >= 0.3 is 5.97 Å². The van der Waals surface area contributed by atoms with Gasteiger partial charge in [-0.3, -0.25) is 4.79 Å². The zero-order valence-corrected chi connectivity index (χ0v) is 13.0. The minimum atomic E-state index is -1.15. The van der Waals surface area contributed by atoms with E-state index in [0.29, 0.717) is 16.5 Å². The number of anilines is 1. The molecule has 24 heavy (non-hydrogen) atoms. The fraction of sp³-hybridized carbons (Fsp3) is 0.0588. The van der Waals surface area contributed by atoms with Crippen LogP contribution in [0.25, 0.3) is 10.9 Å². The normalized spacial score (nSPS) is 10.8. The molecule has 0 atom stereocenters. The summed E-state index contributed by atoms with van der Waals surface area (Å²) < 4.78 is 13.4. The Kier molecular flexibility index (Phi) is 4.22. The van der Waals surface area contributed by atoms with Crippen LogP contribution in [0.5, 0.6) is 0 Å². The Labute approximate surface area is 141 Å². The summed E-state index contributed by atoms with van der Waals surface area (Å²) in [6, 6.07) is 10.9. The molecule has 0 unspecified atom stereocenters. The standard InChI is InChI=1S/C17H12ClFN2O3/c18-12-6-5-9(7-13(12)19)20-15(22)8-11-10-3-1-2-4-14(10)21-16(11)17(23)24/h1-7,21H,8H2,(H,20,22)(H,23,24). The molecule has 1 heterocycles. The summed E-state index contributed by atoms with van der Waals surface area (Å²) in [7, 11) is 0. The number of halogens is 2. The summed E-state index contributed by atoms with van der Waals surface area (Å²) in [6.45, 7) is 0. The van der Waals surface area contributed by atoms with Gasteiger partial charge in [-0.15, -0.1) is 0 Å². The molecular weight excluding hydrogens is 335 g/mol. The zero-order valence-electron chi connectivity index (χ0n) is 12.3. The molecule has 0 aliphatic carbocycles. The Hall–Kier alpha value is -2.86. The number of aromatic carboxylic acids is 1.